The SMILES string of the molecule is CC(C)Oc1ccccc1CN1CCC(N)CC1. The molecule has 3 nitrogen and oxygen atoms in total. The van der Waals surface area contributed by atoms with Gasteiger partial charge in [-0.25, -0.2) is 0 Å². The molecule has 18 heavy (non-hydrogen) atoms. The number of para-hydroxylation sites is 1. The van der Waals surface area contributed by atoms with Crippen molar-refractivity contribution in [2.45, 2.75) is 45.4 Å². The molecule has 1 aliphatic heterocycles. The summed E-state index contributed by atoms with van der Waals surface area (Å²) in [6.45, 7) is 7.29. The lowest BCUT2D eigenvalue weighted by atomic mass is 10.1. The standard InChI is InChI=1S/C15H24N2O/c1-12(2)18-15-6-4-3-5-13(15)11-17-9-7-14(16)8-10-17/h3-6,12,14H,7-11,16H2,1-2H3. The van der Waals surface area contributed by atoms with E-state index in [0.29, 0.717) is 6.04 Å². The molecular weight excluding hydrogens is 224 g/mol. The number of piperidine rings is 1. The van der Waals surface area contributed by atoms with Gasteiger partial charge in [-0.2, -0.15) is 0 Å². The largest absolute Gasteiger partial charge is 0.491 e. The van der Waals surface area contributed by atoms with E-state index in [1.807, 2.05) is 6.07 Å². The zero-order valence-corrected chi connectivity index (χ0v) is 11.4. The van der Waals surface area contributed by atoms with Crippen molar-refractivity contribution in [3.8, 4) is 5.75 Å². The molecule has 1 fully saturated rings. The van der Waals surface area contributed by atoms with Crippen molar-refractivity contribution in [2.75, 3.05) is 13.1 Å². The maximum Gasteiger partial charge on any atom is 0.124 e. The Bertz CT molecular complexity index is 371. The molecule has 1 aromatic rings. The van der Waals surface area contributed by atoms with Gasteiger partial charge in [0.15, 0.2) is 0 Å². The number of likely N-dealkylation sites (tertiary alicyclic amines) is 1. The highest BCUT2D eigenvalue weighted by atomic mass is 16.5. The summed E-state index contributed by atoms with van der Waals surface area (Å²) in [5, 5.41) is 0. The second-order valence-corrected chi connectivity index (χ2v) is 5.39. The number of benzene rings is 1. The highest BCUT2D eigenvalue weighted by Gasteiger charge is 2.17. The smallest absolute Gasteiger partial charge is 0.124 e. The Hall–Kier alpha value is -1.06. The highest BCUT2D eigenvalue weighted by Crippen LogP contribution is 2.22. The maximum atomic E-state index is 5.93. The Labute approximate surface area is 110 Å². The molecule has 1 aromatic carbocycles. The molecule has 1 saturated heterocycles. The fourth-order valence-corrected chi connectivity index (χ4v) is 2.36. The third-order valence-electron chi connectivity index (χ3n) is 3.36. The molecule has 0 aliphatic carbocycles. The average Bonchev–Trinajstić information content (AvgIpc) is 2.34. The van der Waals surface area contributed by atoms with Crippen LogP contribution in [0.25, 0.3) is 0 Å². The second kappa shape index (κ2) is 6.21. The third-order valence-corrected chi connectivity index (χ3v) is 3.36. The Morgan fingerprint density at radius 2 is 1.94 bits per heavy atom. The van der Waals surface area contributed by atoms with Gasteiger partial charge in [0.2, 0.25) is 0 Å². The Balaban J connectivity index is 2.00. The van der Waals surface area contributed by atoms with Crippen LogP contribution in [0.3, 0.4) is 0 Å². The van der Waals surface area contributed by atoms with E-state index in [9.17, 15) is 0 Å². The summed E-state index contributed by atoms with van der Waals surface area (Å²) in [4.78, 5) is 2.46. The summed E-state index contributed by atoms with van der Waals surface area (Å²) in [5.74, 6) is 1.02. The zero-order chi connectivity index (χ0) is 13.0. The van der Waals surface area contributed by atoms with E-state index in [0.717, 1.165) is 38.2 Å². The molecule has 3 heteroatoms. The molecule has 0 atom stereocenters. The number of hydrogen-bond donors (Lipinski definition) is 1. The van der Waals surface area contributed by atoms with Gasteiger partial charge in [0.1, 0.15) is 5.75 Å². The van der Waals surface area contributed by atoms with Crippen molar-refractivity contribution in [1.82, 2.24) is 4.90 Å². The number of nitrogens with zero attached hydrogens (tertiary/aromatic N) is 1. The van der Waals surface area contributed by atoms with Crippen molar-refractivity contribution >= 4 is 0 Å². The fourth-order valence-electron chi connectivity index (χ4n) is 2.36. The molecule has 2 N–H and O–H groups in total. The van der Waals surface area contributed by atoms with Crippen LogP contribution in [-0.4, -0.2) is 30.1 Å². The molecule has 0 saturated carbocycles. The number of rotatable bonds is 4. The molecule has 0 bridgehead atoms. The Kier molecular flexibility index (Phi) is 4.61. The minimum Gasteiger partial charge on any atom is -0.491 e. The van der Waals surface area contributed by atoms with E-state index in [1.165, 1.54) is 5.56 Å². The van der Waals surface area contributed by atoms with E-state index in [2.05, 4.69) is 36.9 Å². The van der Waals surface area contributed by atoms with Gasteiger partial charge in [-0.15, -0.1) is 0 Å². The van der Waals surface area contributed by atoms with Gasteiger partial charge in [0.25, 0.3) is 0 Å². The van der Waals surface area contributed by atoms with E-state index >= 15 is 0 Å². The first-order chi connectivity index (χ1) is 8.65. The average molecular weight is 248 g/mol. The Morgan fingerprint density at radius 1 is 1.28 bits per heavy atom. The lowest BCUT2D eigenvalue weighted by molar-refractivity contribution is 0.196. The maximum absolute atomic E-state index is 5.93. The quantitative estimate of drug-likeness (QED) is 0.889. The third kappa shape index (κ3) is 3.72. The lowest BCUT2D eigenvalue weighted by Gasteiger charge is -2.30. The Morgan fingerprint density at radius 3 is 2.61 bits per heavy atom. The van der Waals surface area contributed by atoms with Crippen molar-refractivity contribution in [3.05, 3.63) is 29.8 Å². The van der Waals surface area contributed by atoms with Gasteiger partial charge in [0, 0.05) is 18.2 Å². The monoisotopic (exact) mass is 248 g/mol. The topological polar surface area (TPSA) is 38.5 Å². The number of hydrogen-bond acceptors (Lipinski definition) is 3. The minimum absolute atomic E-state index is 0.223. The van der Waals surface area contributed by atoms with Crippen LogP contribution in [0, 0.1) is 0 Å². The summed E-state index contributed by atoms with van der Waals surface area (Å²) >= 11 is 0. The van der Waals surface area contributed by atoms with E-state index in [-0.39, 0.29) is 6.10 Å². The first kappa shape index (κ1) is 13.4. The zero-order valence-electron chi connectivity index (χ0n) is 11.4. The van der Waals surface area contributed by atoms with Gasteiger partial charge in [0.05, 0.1) is 6.10 Å². The molecule has 0 radical (unpaired) electrons. The van der Waals surface area contributed by atoms with Crippen LogP contribution in [0.1, 0.15) is 32.3 Å². The van der Waals surface area contributed by atoms with Crippen LogP contribution >= 0.6 is 0 Å². The van der Waals surface area contributed by atoms with Crippen molar-refractivity contribution in [3.63, 3.8) is 0 Å². The van der Waals surface area contributed by atoms with Crippen LogP contribution in [0.4, 0.5) is 0 Å². The number of nitrogens with two attached hydrogens (primary N) is 1. The normalized spacial score (nSPS) is 18.2. The van der Waals surface area contributed by atoms with Crippen molar-refractivity contribution in [1.29, 1.82) is 0 Å². The predicted octanol–water partition coefficient (Wildman–Crippen LogP) is 2.40. The molecule has 0 amide bonds. The first-order valence-corrected chi connectivity index (χ1v) is 6.87. The summed E-state index contributed by atoms with van der Waals surface area (Å²) in [6, 6.07) is 8.73. The van der Waals surface area contributed by atoms with E-state index in [4.69, 9.17) is 10.5 Å². The van der Waals surface area contributed by atoms with Gasteiger partial charge in [-0.05, 0) is 45.8 Å². The molecular formula is C15H24N2O. The molecule has 2 rings (SSSR count). The summed E-state index contributed by atoms with van der Waals surface area (Å²) in [7, 11) is 0. The highest BCUT2D eigenvalue weighted by molar-refractivity contribution is 5.33. The number of ether oxygens (including phenoxy) is 1. The first-order valence-electron chi connectivity index (χ1n) is 6.87. The minimum atomic E-state index is 0.223. The van der Waals surface area contributed by atoms with Crippen LogP contribution in [-0.2, 0) is 6.54 Å². The van der Waals surface area contributed by atoms with Gasteiger partial charge < -0.3 is 10.5 Å². The van der Waals surface area contributed by atoms with Gasteiger partial charge >= 0.3 is 0 Å². The van der Waals surface area contributed by atoms with Crippen molar-refractivity contribution in [2.24, 2.45) is 5.73 Å². The summed E-state index contributed by atoms with van der Waals surface area (Å²) in [5.41, 5.74) is 7.21. The molecule has 0 unspecified atom stereocenters. The fraction of sp³-hybridized carbons (Fsp3) is 0.600. The molecule has 100 valence electrons. The van der Waals surface area contributed by atoms with Gasteiger partial charge in [-0.1, -0.05) is 18.2 Å². The predicted molar refractivity (Wildman–Crippen MR) is 74.7 cm³/mol. The molecule has 0 spiro atoms. The van der Waals surface area contributed by atoms with E-state index < -0.39 is 0 Å². The van der Waals surface area contributed by atoms with Crippen LogP contribution in [0.2, 0.25) is 0 Å². The molecule has 1 heterocycles. The second-order valence-electron chi connectivity index (χ2n) is 5.39. The summed E-state index contributed by atoms with van der Waals surface area (Å²) in [6.07, 6.45) is 2.43. The van der Waals surface area contributed by atoms with Crippen molar-refractivity contribution < 1.29 is 4.74 Å². The molecule has 1 aliphatic rings. The van der Waals surface area contributed by atoms with Crippen LogP contribution in [0.5, 0.6) is 5.75 Å². The molecule has 0 aromatic heterocycles. The summed E-state index contributed by atoms with van der Waals surface area (Å²) < 4.78 is 5.86. The van der Waals surface area contributed by atoms with Gasteiger partial charge in [-0.3, -0.25) is 4.90 Å². The van der Waals surface area contributed by atoms with Crippen LogP contribution in [0.15, 0.2) is 24.3 Å². The van der Waals surface area contributed by atoms with E-state index in [1.54, 1.807) is 0 Å². The lowest BCUT2D eigenvalue weighted by Crippen LogP contribution is -2.39. The van der Waals surface area contributed by atoms with Crippen LogP contribution < -0.4 is 10.5 Å².